The topological polar surface area (TPSA) is 83.5 Å². The molecule has 1 saturated carbocycles. The summed E-state index contributed by atoms with van der Waals surface area (Å²) in [7, 11) is -3.45. The van der Waals surface area contributed by atoms with Crippen LogP contribution in [-0.4, -0.2) is 24.7 Å². The number of rotatable bonds is 4. The van der Waals surface area contributed by atoms with Crippen molar-refractivity contribution in [3.8, 4) is 0 Å². The van der Waals surface area contributed by atoms with Gasteiger partial charge in [-0.05, 0) is 47.0 Å². The second kappa shape index (κ2) is 5.50. The number of nitrogens with one attached hydrogen (secondary N) is 1. The summed E-state index contributed by atoms with van der Waals surface area (Å²) in [6.07, 6.45) is 3.15. The van der Waals surface area contributed by atoms with Crippen molar-refractivity contribution in [1.29, 1.82) is 0 Å². The van der Waals surface area contributed by atoms with E-state index in [1.165, 1.54) is 18.2 Å². The van der Waals surface area contributed by atoms with Crippen LogP contribution in [0.2, 0.25) is 0 Å². The van der Waals surface area contributed by atoms with Gasteiger partial charge in [0.25, 0.3) is 0 Å². The molecule has 2 N–H and O–H groups in total. The Hall–Kier alpha value is -1.08. The number of sulfonamides is 1. The summed E-state index contributed by atoms with van der Waals surface area (Å²) in [5.41, 5.74) is 0.319. The average molecular weight is 348 g/mol. The average Bonchev–Trinajstić information content (AvgIpc) is 2.85. The van der Waals surface area contributed by atoms with Gasteiger partial charge in [-0.25, -0.2) is 13.2 Å². The van der Waals surface area contributed by atoms with Gasteiger partial charge in [0.1, 0.15) is 0 Å². The number of carboxylic acids is 1. The van der Waals surface area contributed by atoms with Crippen molar-refractivity contribution in [3.63, 3.8) is 0 Å². The number of hydrogen-bond donors (Lipinski definition) is 2. The number of benzene rings is 1. The molecule has 0 spiro atoms. The summed E-state index contributed by atoms with van der Waals surface area (Å²) in [6, 6.07) is 4.26. The lowest BCUT2D eigenvalue weighted by Gasteiger charge is -2.14. The van der Waals surface area contributed by atoms with Crippen molar-refractivity contribution in [3.05, 3.63) is 28.2 Å². The molecule has 1 aromatic carbocycles. The van der Waals surface area contributed by atoms with Crippen molar-refractivity contribution < 1.29 is 18.3 Å². The van der Waals surface area contributed by atoms with Gasteiger partial charge in [-0.2, -0.15) is 0 Å². The predicted molar refractivity (Wildman–Crippen MR) is 75.9 cm³/mol. The van der Waals surface area contributed by atoms with Crippen LogP contribution in [0.1, 0.15) is 36.0 Å². The van der Waals surface area contributed by atoms with Crippen LogP contribution in [0.15, 0.2) is 22.7 Å². The van der Waals surface area contributed by atoms with E-state index in [1.54, 1.807) is 0 Å². The first-order valence-corrected chi connectivity index (χ1v) is 8.28. The molecule has 0 saturated heterocycles. The van der Waals surface area contributed by atoms with E-state index < -0.39 is 16.0 Å². The van der Waals surface area contributed by atoms with Crippen molar-refractivity contribution in [2.75, 3.05) is 4.72 Å². The van der Waals surface area contributed by atoms with Gasteiger partial charge in [0.15, 0.2) is 0 Å². The van der Waals surface area contributed by atoms with Crippen LogP contribution in [0.4, 0.5) is 5.69 Å². The number of halogens is 1. The monoisotopic (exact) mass is 347 g/mol. The van der Waals surface area contributed by atoms with Gasteiger partial charge in [-0.1, -0.05) is 12.8 Å². The molecule has 0 aromatic heterocycles. The summed E-state index contributed by atoms with van der Waals surface area (Å²) >= 11 is 3.22. The molecule has 0 bridgehead atoms. The molecule has 0 atom stereocenters. The van der Waals surface area contributed by atoms with Crippen LogP contribution >= 0.6 is 15.9 Å². The molecular formula is C12H14BrNO4S. The highest BCUT2D eigenvalue weighted by molar-refractivity contribution is 9.10. The smallest absolute Gasteiger partial charge is 0.335 e. The van der Waals surface area contributed by atoms with Gasteiger partial charge in [0.05, 0.1) is 16.5 Å². The van der Waals surface area contributed by atoms with Crippen LogP contribution in [0.25, 0.3) is 0 Å². The Morgan fingerprint density at radius 3 is 2.53 bits per heavy atom. The highest BCUT2D eigenvalue weighted by Crippen LogP contribution is 2.29. The van der Waals surface area contributed by atoms with Gasteiger partial charge < -0.3 is 5.11 Å². The van der Waals surface area contributed by atoms with Crippen molar-refractivity contribution in [2.45, 2.75) is 30.9 Å². The quantitative estimate of drug-likeness (QED) is 0.876. The number of hydrogen-bond acceptors (Lipinski definition) is 3. The van der Waals surface area contributed by atoms with Crippen LogP contribution < -0.4 is 4.72 Å². The molecule has 1 aliphatic carbocycles. The minimum Gasteiger partial charge on any atom is -0.478 e. The molecule has 104 valence electrons. The van der Waals surface area contributed by atoms with E-state index in [4.69, 9.17) is 5.11 Å². The van der Waals surface area contributed by atoms with Crippen molar-refractivity contribution in [1.82, 2.24) is 0 Å². The second-order valence-corrected chi connectivity index (χ2v) is 7.37. The normalized spacial score (nSPS) is 16.5. The standard InChI is InChI=1S/C12H14BrNO4S/c13-10-6-5-8(12(15)16)7-11(10)14-19(17,18)9-3-1-2-4-9/h5-7,9,14H,1-4H2,(H,15,16). The molecule has 2 rings (SSSR count). The van der Waals surface area contributed by atoms with Gasteiger partial charge in [-0.3, -0.25) is 4.72 Å². The zero-order chi connectivity index (χ0) is 14.0. The molecule has 0 amide bonds. The molecule has 7 heteroatoms. The van der Waals surface area contributed by atoms with Crippen LogP contribution in [-0.2, 0) is 10.0 Å². The third kappa shape index (κ3) is 3.27. The lowest BCUT2D eigenvalue weighted by molar-refractivity contribution is 0.0697. The van der Waals surface area contributed by atoms with E-state index >= 15 is 0 Å². The molecule has 0 unspecified atom stereocenters. The summed E-state index contributed by atoms with van der Waals surface area (Å²) < 4.78 is 27.3. The van der Waals surface area contributed by atoms with Crippen LogP contribution in [0.3, 0.4) is 0 Å². The van der Waals surface area contributed by atoms with E-state index in [0.717, 1.165) is 12.8 Å². The first-order valence-electron chi connectivity index (χ1n) is 5.94. The van der Waals surface area contributed by atoms with Gasteiger partial charge in [0, 0.05) is 4.47 Å². The Morgan fingerprint density at radius 1 is 1.32 bits per heavy atom. The lowest BCUT2D eigenvalue weighted by atomic mass is 10.2. The Morgan fingerprint density at radius 2 is 1.95 bits per heavy atom. The van der Waals surface area contributed by atoms with Crippen LogP contribution in [0, 0.1) is 0 Å². The first kappa shape index (κ1) is 14.3. The molecule has 1 fully saturated rings. The first-order chi connectivity index (χ1) is 8.90. The third-order valence-electron chi connectivity index (χ3n) is 3.21. The maximum Gasteiger partial charge on any atom is 0.335 e. The Kier molecular flexibility index (Phi) is 4.15. The molecule has 1 aliphatic rings. The fourth-order valence-corrected chi connectivity index (χ4v) is 4.24. The van der Waals surface area contributed by atoms with E-state index in [9.17, 15) is 13.2 Å². The highest BCUT2D eigenvalue weighted by Gasteiger charge is 2.29. The number of carbonyl (C=O) groups is 1. The molecular weight excluding hydrogens is 334 g/mol. The van der Waals surface area contributed by atoms with E-state index in [2.05, 4.69) is 20.7 Å². The Bertz CT molecular complexity index is 594. The Labute approximate surface area is 120 Å². The van der Waals surface area contributed by atoms with Gasteiger partial charge >= 0.3 is 5.97 Å². The zero-order valence-electron chi connectivity index (χ0n) is 10.1. The molecule has 1 aromatic rings. The van der Waals surface area contributed by atoms with E-state index in [0.29, 0.717) is 17.3 Å². The summed E-state index contributed by atoms with van der Waals surface area (Å²) in [4.78, 5) is 10.9. The SMILES string of the molecule is O=C(O)c1ccc(Br)c(NS(=O)(=O)C2CCCC2)c1. The van der Waals surface area contributed by atoms with Crippen LogP contribution in [0.5, 0.6) is 0 Å². The fourth-order valence-electron chi connectivity index (χ4n) is 2.17. The minimum atomic E-state index is -3.45. The predicted octanol–water partition coefficient (Wildman–Crippen LogP) is 2.83. The summed E-state index contributed by atoms with van der Waals surface area (Å²) in [5, 5.41) is 8.54. The largest absolute Gasteiger partial charge is 0.478 e. The van der Waals surface area contributed by atoms with Gasteiger partial charge in [-0.15, -0.1) is 0 Å². The molecule has 0 aliphatic heterocycles. The molecule has 19 heavy (non-hydrogen) atoms. The molecule has 0 radical (unpaired) electrons. The lowest BCUT2D eigenvalue weighted by Crippen LogP contribution is -2.25. The summed E-state index contributed by atoms with van der Waals surface area (Å²) in [6.45, 7) is 0. The fraction of sp³-hybridized carbons (Fsp3) is 0.417. The zero-order valence-corrected chi connectivity index (χ0v) is 12.5. The van der Waals surface area contributed by atoms with Gasteiger partial charge in [0.2, 0.25) is 10.0 Å². The maximum atomic E-state index is 12.2. The maximum absolute atomic E-state index is 12.2. The van der Waals surface area contributed by atoms with Crippen molar-refractivity contribution >= 4 is 37.6 Å². The molecule has 0 heterocycles. The van der Waals surface area contributed by atoms with E-state index in [1.807, 2.05) is 0 Å². The third-order valence-corrected chi connectivity index (χ3v) is 5.75. The summed E-state index contributed by atoms with van der Waals surface area (Å²) in [5.74, 6) is -1.09. The van der Waals surface area contributed by atoms with E-state index in [-0.39, 0.29) is 16.5 Å². The number of aromatic carboxylic acids is 1. The minimum absolute atomic E-state index is 0.0484. The Balaban J connectivity index is 2.27. The number of anilines is 1. The highest BCUT2D eigenvalue weighted by atomic mass is 79.9. The van der Waals surface area contributed by atoms with Crippen molar-refractivity contribution in [2.24, 2.45) is 0 Å². The number of carboxylic acid groups (broad SMARTS) is 1. The second-order valence-electron chi connectivity index (χ2n) is 4.55. The molecule has 5 nitrogen and oxygen atoms in total.